The van der Waals surface area contributed by atoms with Crippen molar-refractivity contribution in [2.45, 2.75) is 19.4 Å². The predicted molar refractivity (Wildman–Crippen MR) is 108 cm³/mol. The molecule has 0 aliphatic carbocycles. The van der Waals surface area contributed by atoms with Crippen molar-refractivity contribution >= 4 is 28.3 Å². The zero-order valence-corrected chi connectivity index (χ0v) is 15.4. The molecule has 0 saturated heterocycles. The number of rotatable bonds is 6. The molecule has 0 aromatic heterocycles. The van der Waals surface area contributed by atoms with E-state index in [1.54, 1.807) is 4.90 Å². The van der Waals surface area contributed by atoms with Crippen LogP contribution in [0.3, 0.4) is 0 Å². The van der Waals surface area contributed by atoms with Gasteiger partial charge in [-0.1, -0.05) is 54.6 Å². The molecule has 0 atom stereocenters. The number of carbonyl (C=O) groups excluding carboxylic acids is 2. The van der Waals surface area contributed by atoms with Gasteiger partial charge in [0.1, 0.15) is 0 Å². The Balaban J connectivity index is 1.38. The average Bonchev–Trinajstić information content (AvgIpc) is 2.97. The summed E-state index contributed by atoms with van der Waals surface area (Å²) in [6.07, 6.45) is 1.08. The van der Waals surface area contributed by atoms with E-state index in [1.165, 1.54) is 0 Å². The van der Waals surface area contributed by atoms with Gasteiger partial charge in [-0.3, -0.25) is 9.59 Å². The van der Waals surface area contributed by atoms with Crippen molar-refractivity contribution in [3.8, 4) is 0 Å². The van der Waals surface area contributed by atoms with Crippen LogP contribution in [0.4, 0.5) is 5.69 Å². The Labute approximate surface area is 159 Å². The van der Waals surface area contributed by atoms with E-state index in [9.17, 15) is 9.59 Å². The van der Waals surface area contributed by atoms with Gasteiger partial charge in [0.05, 0.1) is 5.69 Å². The van der Waals surface area contributed by atoms with Crippen LogP contribution in [0.5, 0.6) is 0 Å². The molecule has 0 fully saturated rings. The highest BCUT2D eigenvalue weighted by atomic mass is 16.2. The maximum Gasteiger partial charge on any atom is 0.258 e. The average molecular weight is 358 g/mol. The zero-order valence-electron chi connectivity index (χ0n) is 15.4. The molecule has 3 aromatic carbocycles. The van der Waals surface area contributed by atoms with Gasteiger partial charge in [-0.25, -0.2) is 0 Å². The summed E-state index contributed by atoms with van der Waals surface area (Å²) in [6, 6.07) is 21.8. The van der Waals surface area contributed by atoms with Gasteiger partial charge < -0.3 is 9.80 Å². The van der Waals surface area contributed by atoms with Crippen LogP contribution in [0.25, 0.3) is 10.8 Å². The van der Waals surface area contributed by atoms with Crippen molar-refractivity contribution in [3.63, 3.8) is 0 Å². The SMILES string of the molecule is CN(Cc1ccccc1)C(=O)CCCN1C(=O)c2cccc3cccc1c23. The van der Waals surface area contributed by atoms with Gasteiger partial charge in [0.25, 0.3) is 5.91 Å². The van der Waals surface area contributed by atoms with Crippen LogP contribution >= 0.6 is 0 Å². The minimum atomic E-state index is 0.0342. The summed E-state index contributed by atoms with van der Waals surface area (Å²) < 4.78 is 0. The van der Waals surface area contributed by atoms with Crippen LogP contribution < -0.4 is 4.90 Å². The third-order valence-corrected chi connectivity index (χ3v) is 5.11. The zero-order chi connectivity index (χ0) is 18.8. The fraction of sp³-hybridized carbons (Fsp3) is 0.217. The van der Waals surface area contributed by atoms with Gasteiger partial charge in [0.2, 0.25) is 5.91 Å². The minimum Gasteiger partial charge on any atom is -0.341 e. The van der Waals surface area contributed by atoms with Gasteiger partial charge in [-0.15, -0.1) is 0 Å². The molecule has 0 unspecified atom stereocenters. The number of anilines is 1. The van der Waals surface area contributed by atoms with Crippen molar-refractivity contribution in [1.82, 2.24) is 4.90 Å². The largest absolute Gasteiger partial charge is 0.341 e. The summed E-state index contributed by atoms with van der Waals surface area (Å²) in [7, 11) is 1.83. The van der Waals surface area contributed by atoms with Crippen LogP contribution in [0.1, 0.15) is 28.8 Å². The Morgan fingerprint density at radius 3 is 2.48 bits per heavy atom. The molecule has 27 heavy (non-hydrogen) atoms. The molecule has 1 heterocycles. The number of hydrogen-bond acceptors (Lipinski definition) is 2. The molecular weight excluding hydrogens is 336 g/mol. The predicted octanol–water partition coefficient (Wildman–Crippen LogP) is 4.24. The molecule has 4 heteroatoms. The number of hydrogen-bond donors (Lipinski definition) is 0. The number of amides is 2. The maximum absolute atomic E-state index is 12.8. The molecule has 2 amide bonds. The lowest BCUT2D eigenvalue weighted by Gasteiger charge is -2.20. The second-order valence-corrected chi connectivity index (χ2v) is 6.98. The molecule has 1 aliphatic rings. The van der Waals surface area contributed by atoms with Crippen molar-refractivity contribution < 1.29 is 9.59 Å². The van der Waals surface area contributed by atoms with E-state index in [0.29, 0.717) is 25.9 Å². The lowest BCUT2D eigenvalue weighted by atomic mass is 10.1. The van der Waals surface area contributed by atoms with Gasteiger partial charge >= 0.3 is 0 Å². The highest BCUT2D eigenvalue weighted by Gasteiger charge is 2.29. The summed E-state index contributed by atoms with van der Waals surface area (Å²) in [5.41, 5.74) is 2.83. The Morgan fingerprint density at radius 2 is 1.70 bits per heavy atom. The third-order valence-electron chi connectivity index (χ3n) is 5.11. The van der Waals surface area contributed by atoms with Crippen LogP contribution in [0, 0.1) is 0 Å². The van der Waals surface area contributed by atoms with Crippen LogP contribution in [-0.4, -0.2) is 30.3 Å². The standard InChI is InChI=1S/C23H22N2O2/c1-24(16-17-8-3-2-4-9-17)21(26)14-7-15-25-20-13-6-11-18-10-5-12-19(22(18)20)23(25)27/h2-6,8-13H,7,14-16H2,1H3. The van der Waals surface area contributed by atoms with Crippen LogP contribution in [0.2, 0.25) is 0 Å². The van der Waals surface area contributed by atoms with Crippen LogP contribution in [-0.2, 0) is 11.3 Å². The van der Waals surface area contributed by atoms with Crippen molar-refractivity contribution in [2.75, 3.05) is 18.5 Å². The minimum absolute atomic E-state index is 0.0342. The van der Waals surface area contributed by atoms with Crippen molar-refractivity contribution in [2.24, 2.45) is 0 Å². The van der Waals surface area contributed by atoms with E-state index in [4.69, 9.17) is 0 Å². The molecule has 136 valence electrons. The quantitative estimate of drug-likeness (QED) is 0.661. The fourth-order valence-corrected chi connectivity index (χ4v) is 3.73. The van der Waals surface area contributed by atoms with Crippen molar-refractivity contribution in [1.29, 1.82) is 0 Å². The second-order valence-electron chi connectivity index (χ2n) is 6.98. The first-order chi connectivity index (χ1) is 13.1. The third kappa shape index (κ3) is 3.31. The highest BCUT2D eigenvalue weighted by molar-refractivity contribution is 6.25. The summed E-state index contributed by atoms with van der Waals surface area (Å²) in [5, 5.41) is 2.11. The van der Waals surface area contributed by atoms with E-state index in [1.807, 2.05) is 78.7 Å². The molecule has 0 spiro atoms. The highest BCUT2D eigenvalue weighted by Crippen LogP contribution is 2.37. The smallest absolute Gasteiger partial charge is 0.258 e. The first-order valence-electron chi connectivity index (χ1n) is 9.26. The molecule has 0 saturated carbocycles. The van der Waals surface area contributed by atoms with E-state index in [2.05, 4.69) is 0 Å². The summed E-state index contributed by atoms with van der Waals surface area (Å²) in [5.74, 6) is 0.133. The summed E-state index contributed by atoms with van der Waals surface area (Å²) in [4.78, 5) is 28.7. The molecule has 1 aliphatic heterocycles. The van der Waals surface area contributed by atoms with Gasteiger partial charge in [0, 0.05) is 37.5 Å². The molecule has 0 radical (unpaired) electrons. The molecule has 3 aromatic rings. The first-order valence-corrected chi connectivity index (χ1v) is 9.26. The fourth-order valence-electron chi connectivity index (χ4n) is 3.73. The number of benzene rings is 3. The van der Waals surface area contributed by atoms with E-state index >= 15 is 0 Å². The van der Waals surface area contributed by atoms with E-state index in [-0.39, 0.29) is 11.8 Å². The summed E-state index contributed by atoms with van der Waals surface area (Å²) in [6.45, 7) is 1.16. The molecule has 0 N–H and O–H groups in total. The Hall–Kier alpha value is -3.14. The van der Waals surface area contributed by atoms with Gasteiger partial charge in [-0.2, -0.15) is 0 Å². The normalized spacial score (nSPS) is 12.6. The lowest BCUT2D eigenvalue weighted by molar-refractivity contribution is -0.130. The number of carbonyl (C=O) groups is 2. The molecular formula is C23H22N2O2. The molecule has 4 rings (SSSR count). The lowest BCUT2D eigenvalue weighted by Crippen LogP contribution is -2.30. The van der Waals surface area contributed by atoms with Gasteiger partial charge in [0.15, 0.2) is 0 Å². The van der Waals surface area contributed by atoms with Gasteiger partial charge in [-0.05, 0) is 29.5 Å². The maximum atomic E-state index is 12.8. The van der Waals surface area contributed by atoms with E-state index < -0.39 is 0 Å². The topological polar surface area (TPSA) is 40.6 Å². The summed E-state index contributed by atoms with van der Waals surface area (Å²) >= 11 is 0. The molecule has 0 bridgehead atoms. The monoisotopic (exact) mass is 358 g/mol. The van der Waals surface area contributed by atoms with E-state index in [0.717, 1.165) is 27.6 Å². The number of nitrogens with zero attached hydrogens (tertiary/aromatic N) is 2. The Morgan fingerprint density at radius 1 is 0.963 bits per heavy atom. The second kappa shape index (κ2) is 7.23. The van der Waals surface area contributed by atoms with Crippen LogP contribution in [0.15, 0.2) is 66.7 Å². The Kier molecular flexibility index (Phi) is 4.63. The first kappa shape index (κ1) is 17.3. The molecule has 4 nitrogen and oxygen atoms in total. The van der Waals surface area contributed by atoms with Crippen molar-refractivity contribution in [3.05, 3.63) is 77.9 Å². The Bertz CT molecular complexity index is 992.